The van der Waals surface area contributed by atoms with Gasteiger partial charge in [0.05, 0.1) is 5.60 Å². The Morgan fingerprint density at radius 2 is 2.21 bits per heavy atom. The summed E-state index contributed by atoms with van der Waals surface area (Å²) in [4.78, 5) is 12.7. The number of benzene rings is 1. The van der Waals surface area contributed by atoms with E-state index in [0.717, 1.165) is 31.2 Å². The zero-order valence-electron chi connectivity index (χ0n) is 11.4. The minimum atomic E-state index is 0.0111. The number of carbonyl (C=O) groups excluding carboxylic acids is 1. The first-order chi connectivity index (χ1) is 9.10. The van der Waals surface area contributed by atoms with Crippen LogP contribution in [0.5, 0.6) is 0 Å². The van der Waals surface area contributed by atoms with E-state index in [9.17, 15) is 4.79 Å². The molecule has 1 heterocycles. The van der Waals surface area contributed by atoms with E-state index in [0.29, 0.717) is 17.9 Å². The van der Waals surface area contributed by atoms with Crippen LogP contribution in [-0.2, 0) is 4.74 Å². The molecule has 1 aliphatic heterocycles. The summed E-state index contributed by atoms with van der Waals surface area (Å²) < 4.78 is 5.89. The number of ether oxygens (including phenoxy) is 1. The summed E-state index contributed by atoms with van der Waals surface area (Å²) in [5.41, 5.74) is 8.35. The third-order valence-electron chi connectivity index (χ3n) is 4.60. The van der Waals surface area contributed by atoms with Gasteiger partial charge in [-0.15, -0.1) is 0 Å². The molecule has 2 fully saturated rings. The summed E-state index contributed by atoms with van der Waals surface area (Å²) in [6.45, 7) is 2.70. The zero-order chi connectivity index (χ0) is 13.5. The minimum Gasteiger partial charge on any atom is -0.398 e. The number of anilines is 1. The van der Waals surface area contributed by atoms with Crippen molar-refractivity contribution in [2.45, 2.75) is 44.6 Å². The van der Waals surface area contributed by atoms with Crippen LogP contribution in [0.3, 0.4) is 0 Å². The van der Waals surface area contributed by atoms with Gasteiger partial charge >= 0.3 is 0 Å². The number of aryl methyl sites for hydroxylation is 1. The molecule has 1 saturated carbocycles. The van der Waals surface area contributed by atoms with E-state index < -0.39 is 0 Å². The van der Waals surface area contributed by atoms with Crippen LogP contribution in [0.1, 0.15) is 48.0 Å². The topological polar surface area (TPSA) is 52.3 Å². The van der Waals surface area contributed by atoms with Gasteiger partial charge in [0.25, 0.3) is 0 Å². The Morgan fingerprint density at radius 3 is 2.89 bits per heavy atom. The van der Waals surface area contributed by atoms with Gasteiger partial charge < -0.3 is 10.5 Å². The summed E-state index contributed by atoms with van der Waals surface area (Å²) in [6, 6.07) is 5.70. The molecule has 1 unspecified atom stereocenters. The van der Waals surface area contributed by atoms with Crippen LogP contribution in [0.15, 0.2) is 18.2 Å². The lowest BCUT2D eigenvalue weighted by Crippen LogP contribution is -2.47. The fraction of sp³-hybridized carbons (Fsp3) is 0.562. The highest BCUT2D eigenvalue weighted by Gasteiger charge is 2.44. The van der Waals surface area contributed by atoms with E-state index in [4.69, 9.17) is 10.5 Å². The summed E-state index contributed by atoms with van der Waals surface area (Å²) in [7, 11) is 0. The van der Waals surface area contributed by atoms with Crippen LogP contribution < -0.4 is 5.73 Å². The van der Waals surface area contributed by atoms with Crippen molar-refractivity contribution in [3.63, 3.8) is 0 Å². The fourth-order valence-electron chi connectivity index (χ4n) is 3.27. The lowest BCUT2D eigenvalue weighted by atomic mass is 9.70. The van der Waals surface area contributed by atoms with Crippen molar-refractivity contribution in [2.24, 2.45) is 5.92 Å². The highest BCUT2D eigenvalue weighted by molar-refractivity contribution is 6.02. The van der Waals surface area contributed by atoms with E-state index >= 15 is 0 Å². The van der Waals surface area contributed by atoms with Gasteiger partial charge in [-0.1, -0.05) is 11.6 Å². The lowest BCUT2D eigenvalue weighted by Gasteiger charge is -2.46. The Labute approximate surface area is 114 Å². The quantitative estimate of drug-likeness (QED) is 0.656. The van der Waals surface area contributed by atoms with E-state index in [2.05, 4.69) is 0 Å². The lowest BCUT2D eigenvalue weighted by molar-refractivity contribution is -0.137. The second-order valence-corrected chi connectivity index (χ2v) is 6.03. The van der Waals surface area contributed by atoms with Crippen molar-refractivity contribution in [2.75, 3.05) is 12.3 Å². The first kappa shape index (κ1) is 12.7. The van der Waals surface area contributed by atoms with Crippen LogP contribution in [0.25, 0.3) is 0 Å². The Hall–Kier alpha value is -1.35. The summed E-state index contributed by atoms with van der Waals surface area (Å²) in [6.07, 6.45) is 5.15. The van der Waals surface area contributed by atoms with Gasteiger partial charge in [-0.2, -0.15) is 0 Å². The molecule has 3 rings (SSSR count). The number of nitrogens with two attached hydrogens (primary N) is 1. The van der Waals surface area contributed by atoms with Crippen molar-refractivity contribution in [1.82, 2.24) is 0 Å². The normalized spacial score (nSPS) is 25.0. The van der Waals surface area contributed by atoms with Crippen molar-refractivity contribution in [3.05, 3.63) is 29.3 Å². The van der Waals surface area contributed by atoms with Crippen molar-refractivity contribution in [3.8, 4) is 0 Å². The second kappa shape index (κ2) is 4.64. The Morgan fingerprint density at radius 1 is 1.42 bits per heavy atom. The van der Waals surface area contributed by atoms with Crippen LogP contribution in [0, 0.1) is 12.8 Å². The molecule has 19 heavy (non-hydrogen) atoms. The molecule has 2 N–H and O–H groups in total. The Bertz CT molecular complexity index is 505. The third-order valence-corrected chi connectivity index (χ3v) is 4.60. The number of nitrogen functional groups attached to an aromatic ring is 1. The molecular formula is C16H21NO2. The summed E-state index contributed by atoms with van der Waals surface area (Å²) >= 11 is 0. The highest BCUT2D eigenvalue weighted by atomic mass is 16.5. The van der Waals surface area contributed by atoms with Gasteiger partial charge in [0.1, 0.15) is 0 Å². The zero-order valence-corrected chi connectivity index (χ0v) is 11.4. The molecule has 102 valence electrons. The number of hydrogen-bond donors (Lipinski definition) is 1. The molecule has 1 aromatic rings. The molecular weight excluding hydrogens is 238 g/mol. The smallest absolute Gasteiger partial charge is 0.168 e. The van der Waals surface area contributed by atoms with Crippen LogP contribution in [-0.4, -0.2) is 18.0 Å². The first-order valence-corrected chi connectivity index (χ1v) is 7.14. The van der Waals surface area contributed by atoms with Crippen LogP contribution >= 0.6 is 0 Å². The highest BCUT2D eigenvalue weighted by Crippen LogP contribution is 2.45. The number of ketones is 1. The van der Waals surface area contributed by atoms with E-state index in [1.165, 1.54) is 6.42 Å². The van der Waals surface area contributed by atoms with Gasteiger partial charge in [-0.05, 0) is 51.2 Å². The molecule has 1 aromatic carbocycles. The molecule has 0 amide bonds. The summed E-state index contributed by atoms with van der Waals surface area (Å²) in [5.74, 6) is 0.286. The largest absolute Gasteiger partial charge is 0.398 e. The maximum atomic E-state index is 12.7. The van der Waals surface area contributed by atoms with Gasteiger partial charge in [0, 0.05) is 23.8 Å². The Kier molecular flexibility index (Phi) is 3.09. The van der Waals surface area contributed by atoms with Crippen LogP contribution in [0.2, 0.25) is 0 Å². The molecule has 1 atom stereocenters. The fourth-order valence-corrected chi connectivity index (χ4v) is 3.27. The summed E-state index contributed by atoms with van der Waals surface area (Å²) in [5, 5.41) is 0. The van der Waals surface area contributed by atoms with E-state index in [1.54, 1.807) is 0 Å². The molecule has 1 spiro atoms. The molecule has 0 bridgehead atoms. The number of Topliss-reactive ketones (excluding diaryl/α,β-unsaturated/α-hetero) is 1. The SMILES string of the molecule is Cc1ccc(N)c(C(=O)C2CCOC3(CCC3)C2)c1. The van der Waals surface area contributed by atoms with E-state index in [-0.39, 0.29) is 17.3 Å². The predicted molar refractivity (Wildman–Crippen MR) is 75.2 cm³/mol. The Balaban J connectivity index is 1.81. The van der Waals surface area contributed by atoms with Crippen molar-refractivity contribution < 1.29 is 9.53 Å². The number of hydrogen-bond acceptors (Lipinski definition) is 3. The standard InChI is InChI=1S/C16H21NO2/c1-11-3-4-14(17)13(9-11)15(18)12-5-8-19-16(10-12)6-2-7-16/h3-4,9,12H,2,5-8,10,17H2,1H3. The van der Waals surface area contributed by atoms with Crippen LogP contribution in [0.4, 0.5) is 5.69 Å². The first-order valence-electron chi connectivity index (χ1n) is 7.14. The van der Waals surface area contributed by atoms with Gasteiger partial charge in [0.15, 0.2) is 5.78 Å². The molecule has 1 saturated heterocycles. The monoisotopic (exact) mass is 259 g/mol. The molecule has 0 radical (unpaired) electrons. The predicted octanol–water partition coefficient (Wildman–Crippen LogP) is 3.11. The van der Waals surface area contributed by atoms with Gasteiger partial charge in [0.2, 0.25) is 0 Å². The maximum absolute atomic E-state index is 12.7. The van der Waals surface area contributed by atoms with Gasteiger partial charge in [-0.3, -0.25) is 4.79 Å². The average molecular weight is 259 g/mol. The molecule has 2 aliphatic rings. The van der Waals surface area contributed by atoms with Crippen molar-refractivity contribution in [1.29, 1.82) is 0 Å². The average Bonchev–Trinajstić information content (AvgIpc) is 2.39. The molecule has 1 aliphatic carbocycles. The van der Waals surface area contributed by atoms with Crippen molar-refractivity contribution >= 4 is 11.5 Å². The van der Waals surface area contributed by atoms with E-state index in [1.807, 2.05) is 25.1 Å². The molecule has 3 nitrogen and oxygen atoms in total. The molecule has 3 heteroatoms. The molecule has 0 aromatic heterocycles. The maximum Gasteiger partial charge on any atom is 0.168 e. The number of carbonyl (C=O) groups is 1. The third kappa shape index (κ3) is 2.27. The minimum absolute atomic E-state index is 0.0111. The second-order valence-electron chi connectivity index (χ2n) is 6.03. The number of rotatable bonds is 2. The van der Waals surface area contributed by atoms with Gasteiger partial charge in [-0.25, -0.2) is 0 Å².